The molecule has 0 aromatic heterocycles. The van der Waals surface area contributed by atoms with Crippen LogP contribution in [-0.2, 0) is 21.8 Å². The molecule has 2 aromatic rings. The van der Waals surface area contributed by atoms with Gasteiger partial charge < -0.3 is 14.8 Å². The number of carbonyl (C=O) groups is 2. The summed E-state index contributed by atoms with van der Waals surface area (Å²) in [7, 11) is 1.37. The molecule has 0 aliphatic rings. The van der Waals surface area contributed by atoms with Crippen LogP contribution in [0.4, 0.5) is 31.1 Å². The van der Waals surface area contributed by atoms with E-state index < -0.39 is 48.3 Å². The van der Waals surface area contributed by atoms with E-state index in [1.807, 2.05) is 0 Å². The molecule has 186 valence electrons. The second-order valence-corrected chi connectivity index (χ2v) is 7.09. The van der Waals surface area contributed by atoms with Gasteiger partial charge in [0.15, 0.2) is 0 Å². The predicted molar refractivity (Wildman–Crippen MR) is 109 cm³/mol. The lowest BCUT2D eigenvalue weighted by Crippen LogP contribution is -2.46. The number of benzene rings is 2. The lowest BCUT2D eigenvalue weighted by molar-refractivity contribution is -0.143. The van der Waals surface area contributed by atoms with E-state index in [-0.39, 0.29) is 30.3 Å². The van der Waals surface area contributed by atoms with Crippen molar-refractivity contribution in [3.05, 3.63) is 70.8 Å². The number of ether oxygens (including phenoxy) is 2. The second-order valence-electron chi connectivity index (χ2n) is 7.09. The van der Waals surface area contributed by atoms with Crippen LogP contribution in [0, 0.1) is 0 Å². The number of amides is 3. The number of urea groups is 1. The van der Waals surface area contributed by atoms with Crippen LogP contribution < -0.4 is 5.32 Å². The van der Waals surface area contributed by atoms with Crippen LogP contribution in [0.2, 0.25) is 0 Å². The van der Waals surface area contributed by atoms with E-state index in [2.05, 4.69) is 5.32 Å². The van der Waals surface area contributed by atoms with Gasteiger partial charge in [0.2, 0.25) is 0 Å². The predicted octanol–water partition coefficient (Wildman–Crippen LogP) is 5.26. The molecule has 12 heteroatoms. The van der Waals surface area contributed by atoms with Crippen molar-refractivity contribution in [2.75, 3.05) is 27.0 Å². The molecular weight excluding hydrogens is 470 g/mol. The number of carbonyl (C=O) groups excluding carboxylic acids is 2. The Morgan fingerprint density at radius 3 is 2.03 bits per heavy atom. The molecular formula is C22H22F6N2O4. The summed E-state index contributed by atoms with van der Waals surface area (Å²) in [6.07, 6.45) is -11.2. The summed E-state index contributed by atoms with van der Waals surface area (Å²) in [5.41, 5.74) is -3.10. The summed E-state index contributed by atoms with van der Waals surface area (Å²) < 4.78 is 88.4. The Kier molecular flexibility index (Phi) is 9.05. The molecule has 1 N–H and O–H groups in total. The molecule has 0 heterocycles. The summed E-state index contributed by atoms with van der Waals surface area (Å²) >= 11 is 0. The van der Waals surface area contributed by atoms with Crippen molar-refractivity contribution in [2.45, 2.75) is 25.4 Å². The lowest BCUT2D eigenvalue weighted by atomic mass is 10.0. The van der Waals surface area contributed by atoms with E-state index in [1.165, 1.54) is 26.2 Å². The van der Waals surface area contributed by atoms with Crippen LogP contribution in [-0.4, -0.2) is 43.8 Å². The van der Waals surface area contributed by atoms with Crippen LogP contribution in [0.15, 0.2) is 48.5 Å². The molecule has 0 saturated heterocycles. The van der Waals surface area contributed by atoms with Gasteiger partial charge in [-0.25, -0.2) is 4.79 Å². The van der Waals surface area contributed by atoms with Gasteiger partial charge in [-0.3, -0.25) is 9.69 Å². The summed E-state index contributed by atoms with van der Waals surface area (Å²) in [6, 6.07) is 8.13. The van der Waals surface area contributed by atoms with Crippen molar-refractivity contribution >= 4 is 11.9 Å². The maximum Gasteiger partial charge on any atom is 0.416 e. The molecule has 6 nitrogen and oxygen atoms in total. The second kappa shape index (κ2) is 11.3. The normalized spacial score (nSPS) is 12.8. The summed E-state index contributed by atoms with van der Waals surface area (Å²) in [5.74, 6) is -0.629. The fourth-order valence-corrected chi connectivity index (χ4v) is 2.85. The Morgan fingerprint density at radius 1 is 0.971 bits per heavy atom. The molecule has 2 rings (SSSR count). The molecule has 0 aliphatic heterocycles. The molecule has 0 unspecified atom stereocenters. The molecule has 0 aliphatic carbocycles. The number of hydrogen-bond donors (Lipinski definition) is 1. The quantitative estimate of drug-likeness (QED) is 0.404. The van der Waals surface area contributed by atoms with Gasteiger partial charge in [0.25, 0.3) is 5.91 Å². The topological polar surface area (TPSA) is 67.9 Å². The standard InChI is InChI=1S/C22H22F6N2O4/c1-14(16-10-17(21(23,24)25)12-18(11-16)22(26,27)28)34-13-29-20(32)30(8-9-33-2)19(31)15-6-4-3-5-7-15/h3-7,10-12,14H,8-9,13H2,1-2H3,(H,29,32)/t14-/m1/s1. The Labute approximate surface area is 191 Å². The van der Waals surface area contributed by atoms with E-state index in [0.29, 0.717) is 12.1 Å². The van der Waals surface area contributed by atoms with E-state index in [0.717, 1.165) is 4.90 Å². The van der Waals surface area contributed by atoms with Crippen LogP contribution in [0.3, 0.4) is 0 Å². The summed E-state index contributed by atoms with van der Waals surface area (Å²) in [4.78, 5) is 26.0. The number of nitrogens with one attached hydrogen (secondary N) is 1. The SMILES string of the molecule is COCCN(C(=O)NCO[C@H](C)c1cc(C(F)(F)F)cc(C(F)(F)F)c1)C(=O)c1ccccc1. The Bertz CT molecular complexity index is 947. The third-order valence-electron chi connectivity index (χ3n) is 4.67. The highest BCUT2D eigenvalue weighted by molar-refractivity contribution is 6.04. The maximum absolute atomic E-state index is 13.1. The molecule has 34 heavy (non-hydrogen) atoms. The number of alkyl halides is 6. The fraction of sp³-hybridized carbons (Fsp3) is 0.364. The van der Waals surface area contributed by atoms with Crippen molar-refractivity contribution in [3.63, 3.8) is 0 Å². The summed E-state index contributed by atoms with van der Waals surface area (Å²) in [6.45, 7) is 0.588. The molecule has 0 fully saturated rings. The molecule has 0 bridgehead atoms. The minimum absolute atomic E-state index is 0.0147. The van der Waals surface area contributed by atoms with E-state index in [9.17, 15) is 35.9 Å². The average Bonchev–Trinajstić information content (AvgIpc) is 2.78. The van der Waals surface area contributed by atoms with E-state index >= 15 is 0 Å². The largest absolute Gasteiger partial charge is 0.416 e. The van der Waals surface area contributed by atoms with Gasteiger partial charge in [0.1, 0.15) is 6.73 Å². The van der Waals surface area contributed by atoms with Gasteiger partial charge in [-0.15, -0.1) is 0 Å². The number of methoxy groups -OCH3 is 1. The summed E-state index contributed by atoms with van der Waals surface area (Å²) in [5, 5.41) is 2.28. The highest BCUT2D eigenvalue weighted by atomic mass is 19.4. The van der Waals surface area contributed by atoms with Gasteiger partial charge in [-0.1, -0.05) is 18.2 Å². The fourth-order valence-electron chi connectivity index (χ4n) is 2.85. The lowest BCUT2D eigenvalue weighted by Gasteiger charge is -2.22. The highest BCUT2D eigenvalue weighted by Crippen LogP contribution is 2.37. The zero-order valence-corrected chi connectivity index (χ0v) is 18.2. The first-order valence-electron chi connectivity index (χ1n) is 9.89. The van der Waals surface area contributed by atoms with Crippen LogP contribution in [0.5, 0.6) is 0 Å². The van der Waals surface area contributed by atoms with Crippen molar-refractivity contribution < 1.29 is 45.4 Å². The van der Waals surface area contributed by atoms with E-state index in [4.69, 9.17) is 9.47 Å². The Hall–Kier alpha value is -3.12. The van der Waals surface area contributed by atoms with Gasteiger partial charge in [-0.2, -0.15) is 26.3 Å². The van der Waals surface area contributed by atoms with Crippen LogP contribution in [0.1, 0.15) is 40.1 Å². The Balaban J connectivity index is 2.11. The maximum atomic E-state index is 13.1. The average molecular weight is 492 g/mol. The Morgan fingerprint density at radius 2 is 1.53 bits per heavy atom. The van der Waals surface area contributed by atoms with Crippen LogP contribution >= 0.6 is 0 Å². The molecule has 3 amide bonds. The number of hydrogen-bond acceptors (Lipinski definition) is 4. The molecule has 2 aromatic carbocycles. The van der Waals surface area contributed by atoms with Crippen molar-refractivity contribution in [1.29, 1.82) is 0 Å². The van der Waals surface area contributed by atoms with Gasteiger partial charge >= 0.3 is 18.4 Å². The monoisotopic (exact) mass is 492 g/mol. The molecule has 0 spiro atoms. The number of imide groups is 1. The minimum Gasteiger partial charge on any atom is -0.383 e. The van der Waals surface area contributed by atoms with Crippen molar-refractivity contribution in [3.8, 4) is 0 Å². The number of halogens is 6. The smallest absolute Gasteiger partial charge is 0.383 e. The molecule has 0 saturated carbocycles. The van der Waals surface area contributed by atoms with Gasteiger partial charge in [0.05, 0.1) is 30.4 Å². The van der Waals surface area contributed by atoms with Crippen molar-refractivity contribution in [2.24, 2.45) is 0 Å². The number of rotatable bonds is 8. The number of nitrogens with zero attached hydrogens (tertiary/aromatic N) is 1. The minimum atomic E-state index is -5.00. The molecule has 0 radical (unpaired) electrons. The first kappa shape index (κ1) is 27.1. The first-order chi connectivity index (χ1) is 15.8. The van der Waals surface area contributed by atoms with E-state index in [1.54, 1.807) is 18.2 Å². The third kappa shape index (κ3) is 7.45. The zero-order valence-electron chi connectivity index (χ0n) is 18.2. The van der Waals surface area contributed by atoms with Crippen molar-refractivity contribution in [1.82, 2.24) is 10.2 Å². The first-order valence-corrected chi connectivity index (χ1v) is 9.89. The van der Waals surface area contributed by atoms with Crippen LogP contribution in [0.25, 0.3) is 0 Å². The van der Waals surface area contributed by atoms with Gasteiger partial charge in [0, 0.05) is 12.7 Å². The van der Waals surface area contributed by atoms with Gasteiger partial charge in [-0.05, 0) is 42.8 Å². The zero-order chi connectivity index (χ0) is 25.5. The highest BCUT2D eigenvalue weighted by Gasteiger charge is 2.37. The molecule has 1 atom stereocenters. The third-order valence-corrected chi connectivity index (χ3v) is 4.67.